The van der Waals surface area contributed by atoms with Crippen molar-refractivity contribution in [3.8, 4) is 11.5 Å². The first-order chi connectivity index (χ1) is 9.91. The number of halogens is 1. The van der Waals surface area contributed by atoms with Crippen LogP contribution in [0.2, 0.25) is 0 Å². The SMILES string of the molecule is Cc1c(Oc2cccc(F)c2C(C)O)cccc1[N+](=O)[O-]. The molecule has 0 aromatic heterocycles. The van der Waals surface area contributed by atoms with Gasteiger partial charge in [-0.15, -0.1) is 0 Å². The maximum Gasteiger partial charge on any atom is 0.276 e. The molecule has 0 aliphatic heterocycles. The first-order valence-corrected chi connectivity index (χ1v) is 6.30. The van der Waals surface area contributed by atoms with Gasteiger partial charge in [0.15, 0.2) is 0 Å². The van der Waals surface area contributed by atoms with E-state index in [1.807, 2.05) is 0 Å². The summed E-state index contributed by atoms with van der Waals surface area (Å²) in [4.78, 5) is 10.4. The third-order valence-electron chi connectivity index (χ3n) is 3.10. The largest absolute Gasteiger partial charge is 0.456 e. The van der Waals surface area contributed by atoms with Crippen LogP contribution in [0.3, 0.4) is 0 Å². The Morgan fingerprint density at radius 3 is 2.48 bits per heavy atom. The minimum absolute atomic E-state index is 0.0170. The van der Waals surface area contributed by atoms with E-state index in [0.717, 1.165) is 0 Å². The van der Waals surface area contributed by atoms with Crippen LogP contribution in [0.4, 0.5) is 10.1 Å². The van der Waals surface area contributed by atoms with Gasteiger partial charge in [-0.25, -0.2) is 4.39 Å². The molecule has 1 N–H and O–H groups in total. The third-order valence-corrected chi connectivity index (χ3v) is 3.10. The third kappa shape index (κ3) is 3.00. The molecule has 0 saturated carbocycles. The van der Waals surface area contributed by atoms with Crippen LogP contribution in [0.1, 0.15) is 24.2 Å². The zero-order valence-corrected chi connectivity index (χ0v) is 11.5. The second-order valence-electron chi connectivity index (χ2n) is 4.59. The second kappa shape index (κ2) is 5.88. The van der Waals surface area contributed by atoms with Gasteiger partial charge >= 0.3 is 0 Å². The maximum absolute atomic E-state index is 13.8. The Labute approximate surface area is 120 Å². The molecule has 110 valence electrons. The van der Waals surface area contributed by atoms with Crippen molar-refractivity contribution in [1.82, 2.24) is 0 Å². The van der Waals surface area contributed by atoms with Crippen molar-refractivity contribution >= 4 is 5.69 Å². The number of hydrogen-bond donors (Lipinski definition) is 1. The molecule has 0 amide bonds. The Kier molecular flexibility index (Phi) is 4.18. The molecule has 0 radical (unpaired) electrons. The lowest BCUT2D eigenvalue weighted by Gasteiger charge is -2.15. The summed E-state index contributed by atoms with van der Waals surface area (Å²) in [6, 6.07) is 8.58. The van der Waals surface area contributed by atoms with Crippen molar-refractivity contribution < 1.29 is 19.2 Å². The first-order valence-electron chi connectivity index (χ1n) is 6.30. The molecular formula is C15H14FNO4. The molecule has 2 rings (SSSR count). The predicted octanol–water partition coefficient (Wildman–Crippen LogP) is 3.89. The topological polar surface area (TPSA) is 72.6 Å². The zero-order valence-electron chi connectivity index (χ0n) is 11.5. The Balaban J connectivity index is 2.47. The van der Waals surface area contributed by atoms with Crippen molar-refractivity contribution in [2.45, 2.75) is 20.0 Å². The normalized spacial score (nSPS) is 12.0. The summed E-state index contributed by atoms with van der Waals surface area (Å²) in [6.45, 7) is 2.97. The van der Waals surface area contributed by atoms with Gasteiger partial charge in [0, 0.05) is 6.07 Å². The molecule has 0 heterocycles. The van der Waals surface area contributed by atoms with Gasteiger partial charge in [0.1, 0.15) is 17.3 Å². The fourth-order valence-corrected chi connectivity index (χ4v) is 2.04. The van der Waals surface area contributed by atoms with Crippen LogP contribution in [0.15, 0.2) is 36.4 Å². The minimum Gasteiger partial charge on any atom is -0.456 e. The number of benzene rings is 2. The summed E-state index contributed by atoms with van der Waals surface area (Å²) in [6.07, 6.45) is -1.06. The average molecular weight is 291 g/mol. The van der Waals surface area contributed by atoms with E-state index >= 15 is 0 Å². The molecule has 2 aromatic carbocycles. The highest BCUT2D eigenvalue weighted by Crippen LogP contribution is 2.35. The second-order valence-corrected chi connectivity index (χ2v) is 4.59. The van der Waals surface area contributed by atoms with Crippen LogP contribution in [0.25, 0.3) is 0 Å². The Bertz CT molecular complexity index is 685. The monoisotopic (exact) mass is 291 g/mol. The molecule has 0 aliphatic rings. The molecule has 0 saturated heterocycles. The minimum atomic E-state index is -1.06. The van der Waals surface area contributed by atoms with Crippen molar-refractivity contribution in [1.29, 1.82) is 0 Å². The van der Waals surface area contributed by atoms with Gasteiger partial charge in [-0.05, 0) is 32.0 Å². The van der Waals surface area contributed by atoms with Crippen LogP contribution in [0.5, 0.6) is 11.5 Å². The molecule has 1 atom stereocenters. The Morgan fingerprint density at radius 1 is 1.24 bits per heavy atom. The van der Waals surface area contributed by atoms with Crippen LogP contribution in [-0.2, 0) is 0 Å². The summed E-state index contributed by atoms with van der Waals surface area (Å²) < 4.78 is 19.3. The first kappa shape index (κ1) is 14.9. The van der Waals surface area contributed by atoms with Crippen molar-refractivity contribution in [2.24, 2.45) is 0 Å². The molecule has 2 aromatic rings. The molecule has 0 spiro atoms. The zero-order chi connectivity index (χ0) is 15.6. The summed E-state index contributed by atoms with van der Waals surface area (Å²) in [5.41, 5.74) is 0.272. The fourth-order valence-electron chi connectivity index (χ4n) is 2.04. The summed E-state index contributed by atoms with van der Waals surface area (Å²) in [5.74, 6) is -0.212. The molecular weight excluding hydrogens is 277 g/mol. The van der Waals surface area contributed by atoms with Crippen molar-refractivity contribution in [2.75, 3.05) is 0 Å². The molecule has 6 heteroatoms. The van der Waals surface area contributed by atoms with Gasteiger partial charge < -0.3 is 9.84 Å². The number of nitro benzene ring substituents is 1. The van der Waals surface area contributed by atoms with E-state index in [2.05, 4.69) is 0 Å². The van der Waals surface area contributed by atoms with Gasteiger partial charge in [-0.1, -0.05) is 12.1 Å². The van der Waals surface area contributed by atoms with E-state index in [9.17, 15) is 19.6 Å². The number of aliphatic hydroxyl groups excluding tert-OH is 1. The van der Waals surface area contributed by atoms with Crippen LogP contribution in [0, 0.1) is 22.9 Å². The van der Waals surface area contributed by atoms with Gasteiger partial charge in [0.2, 0.25) is 0 Å². The summed E-state index contributed by atoms with van der Waals surface area (Å²) in [7, 11) is 0. The predicted molar refractivity (Wildman–Crippen MR) is 74.9 cm³/mol. The lowest BCUT2D eigenvalue weighted by atomic mass is 10.1. The average Bonchev–Trinajstić information content (AvgIpc) is 2.40. The van der Waals surface area contributed by atoms with Crippen molar-refractivity contribution in [3.05, 3.63) is 63.5 Å². The molecule has 1 unspecified atom stereocenters. The van der Waals surface area contributed by atoms with Gasteiger partial charge in [0.05, 0.1) is 22.2 Å². The van der Waals surface area contributed by atoms with Gasteiger partial charge in [-0.2, -0.15) is 0 Å². The molecule has 5 nitrogen and oxygen atoms in total. The van der Waals surface area contributed by atoms with Crippen molar-refractivity contribution in [3.63, 3.8) is 0 Å². The highest BCUT2D eigenvalue weighted by Gasteiger charge is 2.18. The van der Waals surface area contributed by atoms with Crippen LogP contribution < -0.4 is 4.74 Å². The van der Waals surface area contributed by atoms with Gasteiger partial charge in [0.25, 0.3) is 5.69 Å². The van der Waals surface area contributed by atoms with E-state index in [-0.39, 0.29) is 22.7 Å². The van der Waals surface area contributed by atoms with E-state index in [0.29, 0.717) is 5.56 Å². The number of ether oxygens (including phenoxy) is 1. The number of rotatable bonds is 4. The van der Waals surface area contributed by atoms with Crippen LogP contribution in [-0.4, -0.2) is 10.0 Å². The lowest BCUT2D eigenvalue weighted by Crippen LogP contribution is -2.01. The van der Waals surface area contributed by atoms with Gasteiger partial charge in [-0.3, -0.25) is 10.1 Å². The smallest absolute Gasteiger partial charge is 0.276 e. The summed E-state index contributed by atoms with van der Waals surface area (Å²) in [5, 5.41) is 20.6. The molecule has 21 heavy (non-hydrogen) atoms. The Hall–Kier alpha value is -2.47. The maximum atomic E-state index is 13.8. The molecule has 0 aliphatic carbocycles. The van der Waals surface area contributed by atoms with E-state index in [4.69, 9.17) is 4.74 Å². The van der Waals surface area contributed by atoms with E-state index in [1.165, 1.54) is 37.3 Å². The number of aliphatic hydroxyl groups is 1. The fraction of sp³-hybridized carbons (Fsp3) is 0.200. The molecule has 0 bridgehead atoms. The molecule has 0 fully saturated rings. The lowest BCUT2D eigenvalue weighted by molar-refractivity contribution is -0.385. The standard InChI is InChI=1S/C15H14FNO4/c1-9-12(17(19)20)6-4-7-13(9)21-14-8-3-5-11(16)15(14)10(2)18/h3-8,10,18H,1-2H3. The van der Waals surface area contributed by atoms with Crippen LogP contribution >= 0.6 is 0 Å². The van der Waals surface area contributed by atoms with E-state index in [1.54, 1.807) is 13.0 Å². The number of hydrogen-bond acceptors (Lipinski definition) is 4. The Morgan fingerprint density at radius 2 is 1.86 bits per heavy atom. The van der Waals surface area contributed by atoms with E-state index < -0.39 is 16.8 Å². The highest BCUT2D eigenvalue weighted by molar-refractivity contribution is 5.50. The summed E-state index contributed by atoms with van der Waals surface area (Å²) >= 11 is 0. The number of nitro groups is 1. The quantitative estimate of drug-likeness (QED) is 0.685. The highest BCUT2D eigenvalue weighted by atomic mass is 19.1. The number of nitrogens with zero attached hydrogens (tertiary/aromatic N) is 1.